The van der Waals surface area contributed by atoms with E-state index in [2.05, 4.69) is 31.1 Å². The van der Waals surface area contributed by atoms with Crippen molar-refractivity contribution in [1.82, 2.24) is 0 Å². The van der Waals surface area contributed by atoms with Crippen LogP contribution in [0.3, 0.4) is 0 Å². The Labute approximate surface area is 135 Å². The molecule has 0 saturated carbocycles. The van der Waals surface area contributed by atoms with Gasteiger partial charge in [-0.3, -0.25) is 4.79 Å². The summed E-state index contributed by atoms with van der Waals surface area (Å²) in [7, 11) is 0.213. The quantitative estimate of drug-likeness (QED) is 0.415. The normalized spacial score (nSPS) is 10.7. The predicted octanol–water partition coefficient (Wildman–Crippen LogP) is 3.83. The van der Waals surface area contributed by atoms with E-state index in [1.54, 1.807) is 7.11 Å². The van der Waals surface area contributed by atoms with Crippen LogP contribution < -0.4 is 4.74 Å². The maximum absolute atomic E-state index is 11.6. The predicted molar refractivity (Wildman–Crippen MR) is 92.6 cm³/mol. The third kappa shape index (κ3) is 8.66. The molecule has 0 heterocycles. The Kier molecular flexibility index (Phi) is 7.93. The van der Waals surface area contributed by atoms with Crippen LogP contribution >= 0.6 is 0 Å². The minimum Gasteiger partial charge on any atom is -0.497 e. The Balaban J connectivity index is 2.12. The lowest BCUT2D eigenvalue weighted by Gasteiger charge is -2.05. The molecule has 0 amide bonds. The Morgan fingerprint density at radius 1 is 1.14 bits per heavy atom. The Morgan fingerprint density at radius 2 is 1.82 bits per heavy atom. The molecule has 0 saturated heterocycles. The fourth-order valence-corrected chi connectivity index (χ4v) is 2.24. The lowest BCUT2D eigenvalue weighted by Crippen LogP contribution is -2.17. The zero-order chi connectivity index (χ0) is 16.4. The molecule has 1 rings (SSSR count). The molecule has 0 aliphatic carbocycles. The van der Waals surface area contributed by atoms with Gasteiger partial charge in [-0.1, -0.05) is 31.8 Å². The lowest BCUT2D eigenvalue weighted by molar-refractivity contribution is -0.113. The van der Waals surface area contributed by atoms with E-state index >= 15 is 0 Å². The lowest BCUT2D eigenvalue weighted by atomic mass is 10.2. The van der Waals surface area contributed by atoms with Crippen molar-refractivity contribution in [3.63, 3.8) is 0 Å². The van der Waals surface area contributed by atoms with E-state index in [-0.39, 0.29) is 5.78 Å². The molecule has 3 nitrogen and oxygen atoms in total. The average Bonchev–Trinajstić information content (AvgIpc) is 2.48. The average molecular weight is 318 g/mol. The summed E-state index contributed by atoms with van der Waals surface area (Å²) in [5.41, 5.74) is 4.23. The molecule has 0 aliphatic heterocycles. The van der Waals surface area contributed by atoms with Crippen molar-refractivity contribution in [2.24, 2.45) is 0 Å². The van der Waals surface area contributed by atoms with Crippen molar-refractivity contribution in [3.05, 3.63) is 29.8 Å². The highest BCUT2D eigenvalue weighted by atomic mass is 28.3. The van der Waals surface area contributed by atoms with Crippen molar-refractivity contribution < 1.29 is 14.3 Å². The highest BCUT2D eigenvalue weighted by molar-refractivity contribution is 6.84. The summed E-state index contributed by atoms with van der Waals surface area (Å²) in [6, 6.07) is 7.84. The SMILES string of the molecule is COc1ccc(COCCCCC(=O)C#C[Si](C)(C)C)cc1. The molecule has 0 fully saturated rings. The Bertz CT molecular complexity index is 518. The monoisotopic (exact) mass is 318 g/mol. The van der Waals surface area contributed by atoms with Crippen molar-refractivity contribution in [2.45, 2.75) is 45.5 Å². The van der Waals surface area contributed by atoms with Gasteiger partial charge in [-0.2, -0.15) is 0 Å². The standard InChI is InChI=1S/C18H26O3Si/c1-20-18-10-8-16(9-11-18)15-21-13-6-5-7-17(19)12-14-22(2,3)4/h8-11H,5-7,13,15H2,1-4H3. The van der Waals surface area contributed by atoms with Crippen LogP contribution in [0.2, 0.25) is 19.6 Å². The van der Waals surface area contributed by atoms with Gasteiger partial charge in [0.25, 0.3) is 0 Å². The molecule has 0 spiro atoms. The van der Waals surface area contributed by atoms with Gasteiger partial charge in [-0.05, 0) is 36.5 Å². The number of Topliss-reactive ketones (excluding diaryl/α,β-unsaturated/α-hetero) is 1. The first-order valence-electron chi connectivity index (χ1n) is 7.67. The zero-order valence-corrected chi connectivity index (χ0v) is 15.1. The Hall–Kier alpha value is -1.57. The number of carbonyl (C=O) groups excluding carboxylic acids is 1. The van der Waals surface area contributed by atoms with Gasteiger partial charge in [-0.15, -0.1) is 5.54 Å². The van der Waals surface area contributed by atoms with E-state index in [0.717, 1.165) is 24.2 Å². The number of ketones is 1. The summed E-state index contributed by atoms with van der Waals surface area (Å²) in [6.45, 7) is 7.68. The number of unbranched alkanes of at least 4 members (excludes halogenated alkanes) is 1. The van der Waals surface area contributed by atoms with E-state index in [0.29, 0.717) is 19.6 Å². The van der Waals surface area contributed by atoms with Gasteiger partial charge in [0.2, 0.25) is 5.78 Å². The van der Waals surface area contributed by atoms with Crippen molar-refractivity contribution in [3.8, 4) is 17.2 Å². The van der Waals surface area contributed by atoms with Crippen LogP contribution in [-0.4, -0.2) is 27.6 Å². The van der Waals surface area contributed by atoms with E-state index in [1.165, 1.54) is 0 Å². The van der Waals surface area contributed by atoms with Gasteiger partial charge >= 0.3 is 0 Å². The van der Waals surface area contributed by atoms with Crippen LogP contribution in [0, 0.1) is 11.5 Å². The number of hydrogen-bond donors (Lipinski definition) is 0. The fraction of sp³-hybridized carbons (Fsp3) is 0.500. The molecule has 0 atom stereocenters. The maximum Gasteiger partial charge on any atom is 0.204 e. The minimum atomic E-state index is -1.44. The zero-order valence-electron chi connectivity index (χ0n) is 14.1. The van der Waals surface area contributed by atoms with Gasteiger partial charge in [-0.25, -0.2) is 0 Å². The van der Waals surface area contributed by atoms with Gasteiger partial charge in [0.15, 0.2) is 0 Å². The number of carbonyl (C=O) groups is 1. The summed E-state index contributed by atoms with van der Waals surface area (Å²) in [5.74, 6) is 3.67. The molecule has 0 aromatic heterocycles. The van der Waals surface area contributed by atoms with Crippen LogP contribution in [0.4, 0.5) is 0 Å². The van der Waals surface area contributed by atoms with Crippen LogP contribution in [0.15, 0.2) is 24.3 Å². The smallest absolute Gasteiger partial charge is 0.204 e. The number of rotatable bonds is 8. The molecule has 4 heteroatoms. The summed E-state index contributed by atoms with van der Waals surface area (Å²) in [6.07, 6.45) is 2.25. The number of hydrogen-bond acceptors (Lipinski definition) is 3. The van der Waals surface area contributed by atoms with Crippen LogP contribution in [0.25, 0.3) is 0 Å². The van der Waals surface area contributed by atoms with E-state index in [1.807, 2.05) is 24.3 Å². The topological polar surface area (TPSA) is 35.5 Å². The van der Waals surface area contributed by atoms with Gasteiger partial charge in [0, 0.05) is 13.0 Å². The third-order valence-electron chi connectivity index (χ3n) is 2.95. The molecule has 0 unspecified atom stereocenters. The molecule has 0 aliphatic rings. The fourth-order valence-electron chi connectivity index (χ4n) is 1.72. The molecular formula is C18H26O3Si. The van der Waals surface area contributed by atoms with Gasteiger partial charge < -0.3 is 9.47 Å². The second-order valence-electron chi connectivity index (χ2n) is 6.28. The van der Waals surface area contributed by atoms with Crippen molar-refractivity contribution in [1.29, 1.82) is 0 Å². The number of ether oxygens (including phenoxy) is 2. The van der Waals surface area contributed by atoms with Crippen molar-refractivity contribution >= 4 is 13.9 Å². The summed E-state index contributed by atoms with van der Waals surface area (Å²) < 4.78 is 10.7. The molecular weight excluding hydrogens is 292 g/mol. The number of methoxy groups -OCH3 is 1. The minimum absolute atomic E-state index is 0.0533. The van der Waals surface area contributed by atoms with Crippen LogP contribution in [0.5, 0.6) is 5.75 Å². The summed E-state index contributed by atoms with van der Waals surface area (Å²) in [4.78, 5) is 11.6. The Morgan fingerprint density at radius 3 is 2.41 bits per heavy atom. The molecule has 0 radical (unpaired) electrons. The largest absolute Gasteiger partial charge is 0.497 e. The first-order valence-corrected chi connectivity index (χ1v) is 11.2. The first-order chi connectivity index (χ1) is 10.4. The van der Waals surface area contributed by atoms with Gasteiger partial charge in [0.1, 0.15) is 13.8 Å². The highest BCUT2D eigenvalue weighted by Gasteiger charge is 2.08. The van der Waals surface area contributed by atoms with Gasteiger partial charge in [0.05, 0.1) is 13.7 Å². The molecule has 1 aromatic rings. The first kappa shape index (κ1) is 18.5. The summed E-state index contributed by atoms with van der Waals surface area (Å²) in [5, 5.41) is 0. The van der Waals surface area contributed by atoms with Crippen molar-refractivity contribution in [2.75, 3.05) is 13.7 Å². The molecule has 22 heavy (non-hydrogen) atoms. The molecule has 0 N–H and O–H groups in total. The van der Waals surface area contributed by atoms with Crippen LogP contribution in [-0.2, 0) is 16.1 Å². The van der Waals surface area contributed by atoms with E-state index in [9.17, 15) is 4.79 Å². The van der Waals surface area contributed by atoms with E-state index < -0.39 is 8.07 Å². The van der Waals surface area contributed by atoms with E-state index in [4.69, 9.17) is 9.47 Å². The maximum atomic E-state index is 11.6. The third-order valence-corrected chi connectivity index (χ3v) is 3.82. The highest BCUT2D eigenvalue weighted by Crippen LogP contribution is 2.12. The number of benzene rings is 1. The molecule has 120 valence electrons. The molecule has 1 aromatic carbocycles. The summed E-state index contributed by atoms with van der Waals surface area (Å²) >= 11 is 0. The second-order valence-corrected chi connectivity index (χ2v) is 11.0. The molecule has 0 bridgehead atoms. The van der Waals surface area contributed by atoms with Crippen LogP contribution in [0.1, 0.15) is 24.8 Å². The second kappa shape index (κ2) is 9.45.